The van der Waals surface area contributed by atoms with E-state index in [4.69, 9.17) is 11.5 Å². The van der Waals surface area contributed by atoms with Gasteiger partial charge in [-0.15, -0.1) is 0 Å². The Kier molecular flexibility index (Phi) is 4.86. The summed E-state index contributed by atoms with van der Waals surface area (Å²) in [4.78, 5) is 0. The molecule has 2 heteroatoms. The largest absolute Gasteiger partial charge is 0.326 e. The van der Waals surface area contributed by atoms with Gasteiger partial charge in [-0.25, -0.2) is 0 Å². The van der Waals surface area contributed by atoms with E-state index in [-0.39, 0.29) is 5.92 Å². The highest BCUT2D eigenvalue weighted by Gasteiger charge is 2.21. The molecule has 0 radical (unpaired) electrons. The highest BCUT2D eigenvalue weighted by Crippen LogP contribution is 2.35. The van der Waals surface area contributed by atoms with E-state index in [1.165, 1.54) is 16.7 Å². The number of rotatable bonds is 5. The first-order valence-electron chi connectivity index (χ1n) is 7.96. The van der Waals surface area contributed by atoms with Gasteiger partial charge >= 0.3 is 0 Å². The van der Waals surface area contributed by atoms with Crippen LogP contribution in [0.5, 0.6) is 0 Å². The van der Waals surface area contributed by atoms with Crippen molar-refractivity contribution in [3.05, 3.63) is 107 Å². The van der Waals surface area contributed by atoms with Crippen molar-refractivity contribution in [3.8, 4) is 0 Å². The van der Waals surface area contributed by atoms with Gasteiger partial charge in [0.1, 0.15) is 0 Å². The Morgan fingerprint density at radius 2 is 1.00 bits per heavy atom. The third-order valence-corrected chi connectivity index (χ3v) is 4.28. The van der Waals surface area contributed by atoms with Crippen LogP contribution in [0.4, 0.5) is 0 Å². The molecular formula is C21H22N2. The zero-order chi connectivity index (χ0) is 16.1. The van der Waals surface area contributed by atoms with Crippen LogP contribution in [0.25, 0.3) is 0 Å². The van der Waals surface area contributed by atoms with Crippen LogP contribution >= 0.6 is 0 Å². The highest BCUT2D eigenvalue weighted by molar-refractivity contribution is 5.50. The lowest BCUT2D eigenvalue weighted by molar-refractivity contribution is 0.888. The second-order valence-electron chi connectivity index (χ2n) is 5.65. The van der Waals surface area contributed by atoms with Gasteiger partial charge in [-0.05, 0) is 27.8 Å². The minimum atomic E-state index is 0.149. The summed E-state index contributed by atoms with van der Waals surface area (Å²) in [7, 11) is 0. The predicted octanol–water partition coefficient (Wildman–Crippen LogP) is 3.78. The van der Waals surface area contributed by atoms with Gasteiger partial charge in [-0.1, -0.05) is 78.9 Å². The van der Waals surface area contributed by atoms with Crippen molar-refractivity contribution in [1.29, 1.82) is 0 Å². The first-order valence-corrected chi connectivity index (χ1v) is 7.96. The number of hydrogen-bond acceptors (Lipinski definition) is 2. The Morgan fingerprint density at radius 1 is 0.565 bits per heavy atom. The molecular weight excluding hydrogens is 280 g/mol. The predicted molar refractivity (Wildman–Crippen MR) is 96.1 cm³/mol. The SMILES string of the molecule is NCc1cccc(CN)c1C(c1ccccc1)c1ccccc1. The summed E-state index contributed by atoms with van der Waals surface area (Å²) < 4.78 is 0. The Labute approximate surface area is 137 Å². The van der Waals surface area contributed by atoms with Gasteiger partial charge in [0.15, 0.2) is 0 Å². The average Bonchev–Trinajstić information content (AvgIpc) is 2.64. The summed E-state index contributed by atoms with van der Waals surface area (Å²) in [5.41, 5.74) is 18.1. The summed E-state index contributed by atoms with van der Waals surface area (Å²) in [6.45, 7) is 1.03. The molecule has 2 nitrogen and oxygen atoms in total. The number of hydrogen-bond donors (Lipinski definition) is 2. The third kappa shape index (κ3) is 3.19. The van der Waals surface area contributed by atoms with Crippen LogP contribution in [-0.2, 0) is 13.1 Å². The van der Waals surface area contributed by atoms with E-state index >= 15 is 0 Å². The minimum Gasteiger partial charge on any atom is -0.326 e. The van der Waals surface area contributed by atoms with Crippen molar-refractivity contribution in [2.75, 3.05) is 0 Å². The maximum absolute atomic E-state index is 6.03. The van der Waals surface area contributed by atoms with Gasteiger partial charge in [0.2, 0.25) is 0 Å². The van der Waals surface area contributed by atoms with Gasteiger partial charge < -0.3 is 11.5 Å². The highest BCUT2D eigenvalue weighted by atomic mass is 14.6. The molecule has 4 N–H and O–H groups in total. The molecule has 3 aromatic rings. The van der Waals surface area contributed by atoms with Crippen LogP contribution in [0.2, 0.25) is 0 Å². The van der Waals surface area contributed by atoms with E-state index in [9.17, 15) is 0 Å². The Bertz CT molecular complexity index is 690. The standard InChI is InChI=1S/C21H22N2/c22-14-18-12-7-13-19(15-23)21(18)20(16-8-3-1-4-9-16)17-10-5-2-6-11-17/h1-13,20H,14-15,22-23H2. The molecule has 0 aliphatic heterocycles. The van der Waals surface area contributed by atoms with Crippen molar-refractivity contribution >= 4 is 0 Å². The van der Waals surface area contributed by atoms with Gasteiger partial charge in [-0.2, -0.15) is 0 Å². The minimum absolute atomic E-state index is 0.149. The molecule has 0 unspecified atom stereocenters. The van der Waals surface area contributed by atoms with Gasteiger partial charge in [0, 0.05) is 19.0 Å². The van der Waals surface area contributed by atoms with E-state index in [1.807, 2.05) is 18.2 Å². The fraction of sp³-hybridized carbons (Fsp3) is 0.143. The zero-order valence-electron chi connectivity index (χ0n) is 13.2. The molecule has 0 aliphatic rings. The molecule has 0 heterocycles. The molecule has 0 spiro atoms. The number of nitrogens with two attached hydrogens (primary N) is 2. The maximum atomic E-state index is 6.03. The van der Waals surface area contributed by atoms with Gasteiger partial charge in [0.25, 0.3) is 0 Å². The molecule has 3 aromatic carbocycles. The Hall–Kier alpha value is -2.42. The lowest BCUT2D eigenvalue weighted by atomic mass is 9.80. The summed E-state index contributed by atoms with van der Waals surface area (Å²) in [5, 5.41) is 0. The molecule has 0 saturated heterocycles. The molecule has 0 fully saturated rings. The quantitative estimate of drug-likeness (QED) is 0.705. The normalized spacial score (nSPS) is 10.9. The van der Waals surface area contributed by atoms with E-state index in [0.29, 0.717) is 13.1 Å². The van der Waals surface area contributed by atoms with Crippen LogP contribution in [0.15, 0.2) is 78.9 Å². The average molecular weight is 302 g/mol. The lowest BCUT2D eigenvalue weighted by Crippen LogP contribution is -2.14. The van der Waals surface area contributed by atoms with Crippen molar-refractivity contribution < 1.29 is 0 Å². The molecule has 116 valence electrons. The molecule has 0 bridgehead atoms. The molecule has 3 rings (SSSR count). The van der Waals surface area contributed by atoms with Crippen LogP contribution < -0.4 is 11.5 Å². The van der Waals surface area contributed by atoms with Gasteiger partial charge in [-0.3, -0.25) is 0 Å². The first kappa shape index (κ1) is 15.5. The van der Waals surface area contributed by atoms with Crippen LogP contribution in [0.3, 0.4) is 0 Å². The second-order valence-corrected chi connectivity index (χ2v) is 5.65. The summed E-state index contributed by atoms with van der Waals surface area (Å²) in [6, 6.07) is 27.4. The molecule has 0 saturated carbocycles. The van der Waals surface area contributed by atoms with Crippen molar-refractivity contribution in [3.63, 3.8) is 0 Å². The summed E-state index contributed by atoms with van der Waals surface area (Å²) >= 11 is 0. The van der Waals surface area contributed by atoms with Crippen molar-refractivity contribution in [2.24, 2.45) is 11.5 Å². The Morgan fingerprint density at radius 3 is 1.39 bits per heavy atom. The lowest BCUT2D eigenvalue weighted by Gasteiger charge is -2.24. The first-order chi connectivity index (χ1) is 11.3. The van der Waals surface area contributed by atoms with Crippen LogP contribution in [0.1, 0.15) is 33.7 Å². The molecule has 0 aliphatic carbocycles. The zero-order valence-corrected chi connectivity index (χ0v) is 13.2. The van der Waals surface area contributed by atoms with Crippen molar-refractivity contribution in [1.82, 2.24) is 0 Å². The van der Waals surface area contributed by atoms with E-state index in [0.717, 1.165) is 11.1 Å². The smallest absolute Gasteiger partial charge is 0.0346 e. The van der Waals surface area contributed by atoms with E-state index in [1.54, 1.807) is 0 Å². The summed E-state index contributed by atoms with van der Waals surface area (Å²) in [6.07, 6.45) is 0. The van der Waals surface area contributed by atoms with E-state index < -0.39 is 0 Å². The molecule has 0 aromatic heterocycles. The molecule has 0 amide bonds. The monoisotopic (exact) mass is 302 g/mol. The van der Waals surface area contributed by atoms with Crippen molar-refractivity contribution in [2.45, 2.75) is 19.0 Å². The fourth-order valence-electron chi connectivity index (χ4n) is 3.21. The molecule has 23 heavy (non-hydrogen) atoms. The van der Waals surface area contributed by atoms with Crippen LogP contribution in [-0.4, -0.2) is 0 Å². The number of benzene rings is 3. The second kappa shape index (κ2) is 7.23. The van der Waals surface area contributed by atoms with Crippen LogP contribution in [0, 0.1) is 0 Å². The molecule has 0 atom stereocenters. The fourth-order valence-corrected chi connectivity index (χ4v) is 3.21. The van der Waals surface area contributed by atoms with E-state index in [2.05, 4.69) is 60.7 Å². The maximum Gasteiger partial charge on any atom is 0.0346 e. The Balaban J connectivity index is 2.25. The summed E-state index contributed by atoms with van der Waals surface area (Å²) in [5.74, 6) is 0.149. The topological polar surface area (TPSA) is 52.0 Å². The van der Waals surface area contributed by atoms with Gasteiger partial charge in [0.05, 0.1) is 0 Å². The third-order valence-electron chi connectivity index (χ3n) is 4.28.